The summed E-state index contributed by atoms with van der Waals surface area (Å²) in [7, 11) is -1.92. The first-order chi connectivity index (χ1) is 13.3. The molecule has 0 aliphatic carbocycles. The molecular formula is C19H23ClN2O4S2. The molecule has 1 fully saturated rings. The Morgan fingerprint density at radius 3 is 2.39 bits per heavy atom. The summed E-state index contributed by atoms with van der Waals surface area (Å²) in [5.74, 6) is 0.600. The first-order valence-electron chi connectivity index (χ1n) is 9.01. The number of piperidine rings is 1. The van der Waals surface area contributed by atoms with Gasteiger partial charge in [0, 0.05) is 24.7 Å². The van der Waals surface area contributed by atoms with E-state index in [0.29, 0.717) is 36.0 Å². The molecule has 0 radical (unpaired) electrons. The Labute approximate surface area is 174 Å². The van der Waals surface area contributed by atoms with Gasteiger partial charge in [-0.25, -0.2) is 8.42 Å². The Bertz CT molecular complexity index is 920. The predicted molar refractivity (Wildman–Crippen MR) is 112 cm³/mol. The summed E-state index contributed by atoms with van der Waals surface area (Å²) in [6.07, 6.45) is 1.30. The van der Waals surface area contributed by atoms with Crippen LogP contribution >= 0.6 is 22.9 Å². The summed E-state index contributed by atoms with van der Waals surface area (Å²) >= 11 is 6.94. The number of anilines is 1. The van der Waals surface area contributed by atoms with E-state index in [0.717, 1.165) is 17.1 Å². The average Bonchev–Trinajstić information content (AvgIpc) is 3.15. The number of thiophene rings is 1. The summed E-state index contributed by atoms with van der Waals surface area (Å²) < 4.78 is 32.7. The van der Waals surface area contributed by atoms with E-state index >= 15 is 0 Å². The fourth-order valence-corrected chi connectivity index (χ4v) is 6.43. The van der Waals surface area contributed by atoms with Crippen molar-refractivity contribution in [3.8, 4) is 5.75 Å². The number of halogens is 1. The number of benzene rings is 1. The Morgan fingerprint density at radius 1 is 1.21 bits per heavy atom. The van der Waals surface area contributed by atoms with Crippen molar-refractivity contribution in [3.05, 3.63) is 40.7 Å². The van der Waals surface area contributed by atoms with Gasteiger partial charge >= 0.3 is 0 Å². The average molecular weight is 443 g/mol. The summed E-state index contributed by atoms with van der Waals surface area (Å²) in [6, 6.07) is 10.3. The Morgan fingerprint density at radius 2 is 1.86 bits per heavy atom. The van der Waals surface area contributed by atoms with E-state index in [9.17, 15) is 13.2 Å². The molecule has 28 heavy (non-hydrogen) atoms. The molecule has 9 heteroatoms. The van der Waals surface area contributed by atoms with Crippen molar-refractivity contribution in [1.29, 1.82) is 0 Å². The van der Waals surface area contributed by atoms with Crippen LogP contribution in [0.2, 0.25) is 4.34 Å². The van der Waals surface area contributed by atoms with Crippen molar-refractivity contribution >= 4 is 44.6 Å². The zero-order valence-electron chi connectivity index (χ0n) is 15.7. The molecule has 1 N–H and O–H groups in total. The maximum Gasteiger partial charge on any atom is 0.252 e. The molecule has 2 heterocycles. The number of methoxy groups -OCH3 is 1. The molecule has 1 aromatic carbocycles. The van der Waals surface area contributed by atoms with Crippen molar-refractivity contribution < 1.29 is 17.9 Å². The molecule has 0 saturated carbocycles. The van der Waals surface area contributed by atoms with Crippen molar-refractivity contribution in [1.82, 2.24) is 4.31 Å². The zero-order chi connectivity index (χ0) is 20.3. The van der Waals surface area contributed by atoms with Gasteiger partial charge in [-0.3, -0.25) is 4.79 Å². The summed E-state index contributed by atoms with van der Waals surface area (Å²) in [5.41, 5.74) is 0.715. The van der Waals surface area contributed by atoms with Crippen LogP contribution in [0.3, 0.4) is 0 Å². The molecule has 1 amide bonds. The van der Waals surface area contributed by atoms with Gasteiger partial charge in [0.25, 0.3) is 10.0 Å². The van der Waals surface area contributed by atoms with Gasteiger partial charge in [0.15, 0.2) is 0 Å². The highest BCUT2D eigenvalue weighted by atomic mass is 35.5. The lowest BCUT2D eigenvalue weighted by Gasteiger charge is -2.33. The van der Waals surface area contributed by atoms with Gasteiger partial charge in [-0.15, -0.1) is 11.3 Å². The minimum atomic E-state index is -3.51. The van der Waals surface area contributed by atoms with E-state index in [-0.39, 0.29) is 22.0 Å². The third-order valence-electron chi connectivity index (χ3n) is 5.12. The van der Waals surface area contributed by atoms with Gasteiger partial charge in [0.1, 0.15) is 9.96 Å². The van der Waals surface area contributed by atoms with Crippen LogP contribution in [-0.4, -0.2) is 38.8 Å². The minimum Gasteiger partial charge on any atom is -0.497 e. The Hall–Kier alpha value is -1.61. The van der Waals surface area contributed by atoms with Crippen LogP contribution in [0, 0.1) is 11.8 Å². The largest absolute Gasteiger partial charge is 0.497 e. The first-order valence-corrected chi connectivity index (χ1v) is 11.6. The number of ether oxygens (including phenoxy) is 1. The van der Waals surface area contributed by atoms with Crippen LogP contribution in [0.15, 0.2) is 40.6 Å². The highest BCUT2D eigenvalue weighted by Crippen LogP contribution is 2.32. The van der Waals surface area contributed by atoms with Gasteiger partial charge in [0.05, 0.1) is 11.4 Å². The molecule has 1 aliphatic heterocycles. The fraction of sp³-hybridized carbons (Fsp3) is 0.421. The molecule has 0 bridgehead atoms. The van der Waals surface area contributed by atoms with Crippen LogP contribution in [0.25, 0.3) is 0 Å². The third-order valence-corrected chi connectivity index (χ3v) is 8.72. The molecule has 1 aliphatic rings. The van der Waals surface area contributed by atoms with Gasteiger partial charge in [-0.2, -0.15) is 4.31 Å². The second-order valence-corrected chi connectivity index (χ2v) is 10.7. The first kappa shape index (κ1) is 21.1. The van der Waals surface area contributed by atoms with Gasteiger partial charge < -0.3 is 10.1 Å². The molecule has 2 aromatic rings. The number of hydrogen-bond donors (Lipinski definition) is 1. The van der Waals surface area contributed by atoms with Crippen molar-refractivity contribution in [3.63, 3.8) is 0 Å². The van der Waals surface area contributed by atoms with Crippen LogP contribution in [0.4, 0.5) is 5.69 Å². The summed E-state index contributed by atoms with van der Waals surface area (Å²) in [6.45, 7) is 2.71. The van der Waals surface area contributed by atoms with E-state index in [1.807, 2.05) is 6.92 Å². The normalized spacial score (nSPS) is 17.2. The highest BCUT2D eigenvalue weighted by molar-refractivity contribution is 7.91. The smallest absolute Gasteiger partial charge is 0.252 e. The lowest BCUT2D eigenvalue weighted by molar-refractivity contribution is -0.121. The highest BCUT2D eigenvalue weighted by Gasteiger charge is 2.34. The lowest BCUT2D eigenvalue weighted by Crippen LogP contribution is -2.41. The maximum absolute atomic E-state index is 12.7. The minimum absolute atomic E-state index is 0.0588. The van der Waals surface area contributed by atoms with Crippen LogP contribution in [0.5, 0.6) is 5.75 Å². The summed E-state index contributed by atoms with van der Waals surface area (Å²) in [5, 5.41) is 2.92. The van der Waals surface area contributed by atoms with E-state index in [1.54, 1.807) is 43.5 Å². The Balaban J connectivity index is 1.56. The zero-order valence-corrected chi connectivity index (χ0v) is 18.1. The van der Waals surface area contributed by atoms with Gasteiger partial charge in [-0.1, -0.05) is 18.5 Å². The molecule has 0 spiro atoms. The van der Waals surface area contributed by atoms with Crippen LogP contribution in [0.1, 0.15) is 19.8 Å². The molecule has 1 saturated heterocycles. The fourth-order valence-electron chi connectivity index (χ4n) is 3.32. The molecule has 152 valence electrons. The summed E-state index contributed by atoms with van der Waals surface area (Å²) in [4.78, 5) is 12.6. The monoisotopic (exact) mass is 442 g/mol. The molecular weight excluding hydrogens is 420 g/mol. The number of nitrogens with one attached hydrogen (secondary N) is 1. The quantitative estimate of drug-likeness (QED) is 0.731. The second-order valence-electron chi connectivity index (χ2n) is 6.81. The number of nitrogens with zero attached hydrogens (tertiary/aromatic N) is 1. The van der Waals surface area contributed by atoms with Crippen molar-refractivity contribution in [2.24, 2.45) is 11.8 Å². The van der Waals surface area contributed by atoms with Gasteiger partial charge in [0.2, 0.25) is 5.91 Å². The van der Waals surface area contributed by atoms with E-state index in [2.05, 4.69) is 5.32 Å². The van der Waals surface area contributed by atoms with E-state index in [1.165, 1.54) is 4.31 Å². The van der Waals surface area contributed by atoms with Gasteiger partial charge in [-0.05, 0) is 55.2 Å². The number of carbonyl (C=O) groups is 1. The van der Waals surface area contributed by atoms with Crippen molar-refractivity contribution in [2.45, 2.75) is 24.0 Å². The molecule has 1 unspecified atom stereocenters. The molecule has 1 atom stereocenters. The topological polar surface area (TPSA) is 75.7 Å². The number of hydrogen-bond acceptors (Lipinski definition) is 5. The van der Waals surface area contributed by atoms with E-state index < -0.39 is 10.0 Å². The predicted octanol–water partition coefficient (Wildman–Crippen LogP) is 4.09. The Kier molecular flexibility index (Phi) is 6.65. The number of sulfonamides is 1. The van der Waals surface area contributed by atoms with Crippen molar-refractivity contribution in [2.75, 3.05) is 25.5 Å². The SMILES string of the molecule is COc1ccc(NC(=O)C(C)C2CCN(S(=O)(=O)c3ccc(Cl)s3)CC2)cc1. The lowest BCUT2D eigenvalue weighted by atomic mass is 9.85. The number of carbonyl (C=O) groups excluding carboxylic acids is 1. The standard InChI is InChI=1S/C19H23ClN2O4S2/c1-13(19(23)21-15-3-5-16(26-2)6-4-15)14-9-11-22(12-10-14)28(24,25)18-8-7-17(20)27-18/h3-8,13-14H,9-12H2,1-2H3,(H,21,23). The number of amides is 1. The molecule has 1 aromatic heterocycles. The maximum atomic E-state index is 12.7. The van der Waals surface area contributed by atoms with Crippen LogP contribution in [-0.2, 0) is 14.8 Å². The van der Waals surface area contributed by atoms with Crippen LogP contribution < -0.4 is 10.1 Å². The molecule has 3 rings (SSSR count). The van der Waals surface area contributed by atoms with E-state index in [4.69, 9.17) is 16.3 Å². The number of rotatable bonds is 6. The second kappa shape index (κ2) is 8.82. The molecule has 6 nitrogen and oxygen atoms in total. The third kappa shape index (κ3) is 4.68.